The maximum Gasteiger partial charge on any atom is 0.310 e. The lowest BCUT2D eigenvalue weighted by Gasteiger charge is -2.24. The van der Waals surface area contributed by atoms with E-state index in [4.69, 9.17) is 4.74 Å². The molecule has 0 aromatic heterocycles. The average molecular weight is 555 g/mol. The molecular formula is C34H38N2O5. The van der Waals surface area contributed by atoms with E-state index in [2.05, 4.69) is 10.6 Å². The molecule has 1 aliphatic heterocycles. The Labute approximate surface area is 241 Å². The summed E-state index contributed by atoms with van der Waals surface area (Å²) >= 11 is 0. The van der Waals surface area contributed by atoms with Crippen LogP contribution in [0.5, 0.6) is 0 Å². The summed E-state index contributed by atoms with van der Waals surface area (Å²) < 4.78 is 5.99. The van der Waals surface area contributed by atoms with E-state index in [1.807, 2.05) is 103 Å². The first-order valence-corrected chi connectivity index (χ1v) is 14.2. The highest BCUT2D eigenvalue weighted by Gasteiger charge is 2.28. The van der Waals surface area contributed by atoms with Crippen LogP contribution in [0.3, 0.4) is 0 Å². The van der Waals surface area contributed by atoms with E-state index in [1.54, 1.807) is 0 Å². The second-order valence-electron chi connectivity index (χ2n) is 10.4. The van der Waals surface area contributed by atoms with Crippen LogP contribution in [0, 0.1) is 11.8 Å². The lowest BCUT2D eigenvalue weighted by molar-refractivity contribution is -0.154. The third-order valence-electron chi connectivity index (χ3n) is 7.27. The molecule has 214 valence electrons. The molecule has 0 saturated carbocycles. The van der Waals surface area contributed by atoms with E-state index in [-0.39, 0.29) is 43.3 Å². The third-order valence-corrected chi connectivity index (χ3v) is 7.27. The summed E-state index contributed by atoms with van der Waals surface area (Å²) in [6, 6.07) is 28.4. The minimum absolute atomic E-state index is 0.0231. The summed E-state index contributed by atoms with van der Waals surface area (Å²) in [7, 11) is 0. The van der Waals surface area contributed by atoms with Gasteiger partial charge >= 0.3 is 5.97 Å². The number of ether oxygens (including phenoxy) is 1. The Balaban J connectivity index is 1.48. The van der Waals surface area contributed by atoms with Gasteiger partial charge < -0.3 is 20.5 Å². The van der Waals surface area contributed by atoms with Crippen LogP contribution in [0.1, 0.15) is 42.1 Å². The molecule has 0 saturated heterocycles. The Morgan fingerprint density at radius 1 is 0.854 bits per heavy atom. The number of amides is 2. The van der Waals surface area contributed by atoms with E-state index in [1.165, 1.54) is 0 Å². The van der Waals surface area contributed by atoms with Gasteiger partial charge in [-0.2, -0.15) is 0 Å². The zero-order chi connectivity index (χ0) is 28.9. The molecule has 0 fully saturated rings. The van der Waals surface area contributed by atoms with Crippen molar-refractivity contribution in [1.29, 1.82) is 0 Å². The van der Waals surface area contributed by atoms with Gasteiger partial charge in [-0.05, 0) is 42.4 Å². The number of nitrogens with one attached hydrogen (secondary N) is 2. The highest BCUT2D eigenvalue weighted by Crippen LogP contribution is 2.24. The number of hydrogen-bond donors (Lipinski definition) is 3. The highest BCUT2D eigenvalue weighted by molar-refractivity contribution is 5.86. The zero-order valence-corrected chi connectivity index (χ0v) is 23.2. The highest BCUT2D eigenvalue weighted by atomic mass is 16.5. The molecule has 41 heavy (non-hydrogen) atoms. The van der Waals surface area contributed by atoms with Crippen LogP contribution in [0.15, 0.2) is 103 Å². The second-order valence-corrected chi connectivity index (χ2v) is 10.4. The van der Waals surface area contributed by atoms with Crippen LogP contribution in [0.2, 0.25) is 0 Å². The number of allylic oxidation sites excluding steroid dienone is 2. The first-order valence-electron chi connectivity index (χ1n) is 14.2. The smallest absolute Gasteiger partial charge is 0.310 e. The molecule has 3 aromatic carbocycles. The van der Waals surface area contributed by atoms with Crippen molar-refractivity contribution in [2.75, 3.05) is 13.2 Å². The van der Waals surface area contributed by atoms with Gasteiger partial charge in [0, 0.05) is 6.42 Å². The van der Waals surface area contributed by atoms with Crippen LogP contribution in [-0.4, -0.2) is 42.1 Å². The molecule has 1 aliphatic rings. The number of hydrogen-bond acceptors (Lipinski definition) is 5. The maximum absolute atomic E-state index is 13.3. The fourth-order valence-electron chi connectivity index (χ4n) is 5.01. The molecule has 1 heterocycles. The van der Waals surface area contributed by atoms with Gasteiger partial charge in [0.25, 0.3) is 0 Å². The molecule has 4 rings (SSSR count). The van der Waals surface area contributed by atoms with Crippen LogP contribution in [0.25, 0.3) is 0 Å². The summed E-state index contributed by atoms with van der Waals surface area (Å²) in [6.45, 7) is -0.105. The van der Waals surface area contributed by atoms with Gasteiger partial charge in [0.15, 0.2) is 0 Å². The molecule has 0 spiro atoms. The van der Waals surface area contributed by atoms with Gasteiger partial charge in [-0.15, -0.1) is 0 Å². The molecule has 7 nitrogen and oxygen atoms in total. The number of aliphatic hydroxyl groups excluding tert-OH is 1. The minimum atomic E-state index is -0.659. The topological polar surface area (TPSA) is 105 Å². The van der Waals surface area contributed by atoms with Gasteiger partial charge in [0.1, 0.15) is 6.10 Å². The maximum atomic E-state index is 13.3. The van der Waals surface area contributed by atoms with Crippen LogP contribution < -0.4 is 10.6 Å². The average Bonchev–Trinajstić information content (AvgIpc) is 3.00. The Kier molecular flexibility index (Phi) is 11.3. The van der Waals surface area contributed by atoms with Crippen molar-refractivity contribution in [3.05, 3.63) is 120 Å². The zero-order valence-electron chi connectivity index (χ0n) is 23.2. The van der Waals surface area contributed by atoms with Crippen molar-refractivity contribution >= 4 is 17.8 Å². The van der Waals surface area contributed by atoms with Gasteiger partial charge in [0.05, 0.1) is 31.0 Å². The Morgan fingerprint density at radius 3 is 2.07 bits per heavy atom. The van der Waals surface area contributed by atoms with Crippen LogP contribution >= 0.6 is 0 Å². The van der Waals surface area contributed by atoms with E-state index < -0.39 is 18.1 Å². The molecule has 4 atom stereocenters. The van der Waals surface area contributed by atoms with Gasteiger partial charge in [-0.1, -0.05) is 103 Å². The van der Waals surface area contributed by atoms with E-state index in [9.17, 15) is 19.5 Å². The molecule has 3 N–H and O–H groups in total. The molecule has 0 aliphatic carbocycles. The number of benzene rings is 3. The van der Waals surface area contributed by atoms with Gasteiger partial charge in [-0.3, -0.25) is 14.4 Å². The Morgan fingerprint density at radius 2 is 1.44 bits per heavy atom. The van der Waals surface area contributed by atoms with E-state index >= 15 is 0 Å². The molecular weight excluding hydrogens is 516 g/mol. The predicted molar refractivity (Wildman–Crippen MR) is 158 cm³/mol. The summed E-state index contributed by atoms with van der Waals surface area (Å²) in [4.78, 5) is 39.6. The Hall–Kier alpha value is -4.23. The number of carbonyl (C=O) groups excluding carboxylic acids is 3. The molecule has 3 aromatic rings. The fourth-order valence-corrected chi connectivity index (χ4v) is 5.01. The summed E-state index contributed by atoms with van der Waals surface area (Å²) in [5, 5.41) is 15.6. The lowest BCUT2D eigenvalue weighted by Crippen LogP contribution is -2.42. The molecule has 7 heteroatoms. The second kappa shape index (κ2) is 15.5. The molecule has 0 radical (unpaired) electrons. The van der Waals surface area contributed by atoms with Crippen molar-refractivity contribution < 1.29 is 24.2 Å². The predicted octanol–water partition coefficient (Wildman–Crippen LogP) is 4.32. The van der Waals surface area contributed by atoms with E-state index in [0.29, 0.717) is 25.7 Å². The number of cyclic esters (lactones) is 1. The molecule has 0 unspecified atom stereocenters. The summed E-state index contributed by atoms with van der Waals surface area (Å²) in [6.07, 6.45) is 4.92. The number of rotatable bonds is 9. The third kappa shape index (κ3) is 9.43. The molecule has 2 amide bonds. The van der Waals surface area contributed by atoms with Crippen LogP contribution in [0.4, 0.5) is 0 Å². The number of aliphatic hydroxyl groups is 1. The SMILES string of the molecule is O=C(C[C@H]1CC=CC[C@H](Cc2ccccc2)C(=O)O[C@@H](c2ccccc2)CNC1=O)N[C@H](CO)Cc1ccccc1. The molecule has 0 bridgehead atoms. The lowest BCUT2D eigenvalue weighted by atomic mass is 9.94. The van der Waals surface area contributed by atoms with Crippen molar-refractivity contribution in [3.8, 4) is 0 Å². The van der Waals surface area contributed by atoms with Gasteiger partial charge in [0.2, 0.25) is 11.8 Å². The first kappa shape index (κ1) is 29.7. The quantitative estimate of drug-likeness (QED) is 0.270. The standard InChI is InChI=1S/C34H38N2O5/c37-24-30(21-26-14-6-2-7-15-26)36-32(38)22-28-18-10-11-19-29(20-25-12-4-1-5-13-25)34(40)41-31(23-35-33(28)39)27-16-8-3-9-17-27/h1-17,28-31,37H,18-24H2,(H,35,39)(H,36,38)/t28-,29-,30+,31-/m1/s1. The van der Waals surface area contributed by atoms with E-state index in [0.717, 1.165) is 16.7 Å². The number of esters is 1. The number of carbonyl (C=O) groups is 3. The van der Waals surface area contributed by atoms with Crippen molar-refractivity contribution in [2.24, 2.45) is 11.8 Å². The monoisotopic (exact) mass is 554 g/mol. The fraction of sp³-hybridized carbons (Fsp3) is 0.324. The van der Waals surface area contributed by atoms with Crippen molar-refractivity contribution in [3.63, 3.8) is 0 Å². The minimum Gasteiger partial charge on any atom is -0.455 e. The first-order chi connectivity index (χ1) is 20.0. The summed E-state index contributed by atoms with van der Waals surface area (Å²) in [5.41, 5.74) is 2.83. The Bertz CT molecular complexity index is 1280. The van der Waals surface area contributed by atoms with Crippen molar-refractivity contribution in [2.45, 2.75) is 44.2 Å². The van der Waals surface area contributed by atoms with Crippen molar-refractivity contribution in [1.82, 2.24) is 10.6 Å². The largest absolute Gasteiger partial charge is 0.455 e. The van der Waals surface area contributed by atoms with Gasteiger partial charge in [-0.25, -0.2) is 0 Å². The van der Waals surface area contributed by atoms with Crippen LogP contribution in [-0.2, 0) is 32.0 Å². The summed E-state index contributed by atoms with van der Waals surface area (Å²) in [5.74, 6) is -1.89. The normalized spacial score (nSPS) is 20.6.